The van der Waals surface area contributed by atoms with Crippen LogP contribution in [0.2, 0.25) is 0 Å². The van der Waals surface area contributed by atoms with Crippen molar-refractivity contribution in [1.82, 2.24) is 5.32 Å². The summed E-state index contributed by atoms with van der Waals surface area (Å²) in [5, 5.41) is 2.64. The van der Waals surface area contributed by atoms with Crippen molar-refractivity contribution in [3.8, 4) is 0 Å². The first-order valence-electron chi connectivity index (χ1n) is 7.92. The predicted molar refractivity (Wildman–Crippen MR) is 94.0 cm³/mol. The van der Waals surface area contributed by atoms with Crippen molar-refractivity contribution in [2.24, 2.45) is 0 Å². The molecule has 0 saturated carbocycles. The number of hydrogen-bond donors (Lipinski definition) is 1. The molecule has 0 fully saturated rings. The zero-order valence-corrected chi connectivity index (χ0v) is 14.2. The smallest absolute Gasteiger partial charge is 0.331 e. The summed E-state index contributed by atoms with van der Waals surface area (Å²) in [6, 6.07) is 13.4. The fourth-order valence-electron chi connectivity index (χ4n) is 2.13. The molecule has 1 atom stereocenters. The molecule has 0 aliphatic carbocycles. The zero-order chi connectivity index (χ0) is 18.2. The lowest BCUT2D eigenvalue weighted by Gasteiger charge is -2.12. The Labute approximate surface area is 146 Å². The van der Waals surface area contributed by atoms with Crippen LogP contribution in [0.1, 0.15) is 23.6 Å². The second-order valence-electron chi connectivity index (χ2n) is 5.61. The normalized spacial score (nSPS) is 12.0. The van der Waals surface area contributed by atoms with Gasteiger partial charge in [-0.25, -0.2) is 9.18 Å². The first kappa shape index (κ1) is 18.4. The van der Waals surface area contributed by atoms with E-state index in [1.54, 1.807) is 18.2 Å². The molecule has 0 unspecified atom stereocenters. The number of rotatable bonds is 6. The Balaban J connectivity index is 1.82. The molecule has 0 heterocycles. The van der Waals surface area contributed by atoms with E-state index in [0.29, 0.717) is 0 Å². The van der Waals surface area contributed by atoms with Crippen LogP contribution in [0.4, 0.5) is 4.39 Å². The summed E-state index contributed by atoms with van der Waals surface area (Å²) in [5.41, 5.74) is 2.71. The maximum atomic E-state index is 12.8. The molecule has 0 saturated heterocycles. The van der Waals surface area contributed by atoms with Crippen LogP contribution in [-0.4, -0.2) is 18.0 Å². The number of halogens is 1. The average Bonchev–Trinajstić information content (AvgIpc) is 2.60. The molecule has 0 aliphatic rings. The molecule has 25 heavy (non-hydrogen) atoms. The average molecular weight is 341 g/mol. The summed E-state index contributed by atoms with van der Waals surface area (Å²) in [5.74, 6) is -1.34. The van der Waals surface area contributed by atoms with Crippen LogP contribution >= 0.6 is 0 Å². The molecular formula is C20H20FNO3. The second kappa shape index (κ2) is 8.78. The Morgan fingerprint density at radius 3 is 2.52 bits per heavy atom. The van der Waals surface area contributed by atoms with Gasteiger partial charge in [-0.05, 0) is 48.7 Å². The maximum Gasteiger partial charge on any atom is 0.331 e. The van der Waals surface area contributed by atoms with E-state index >= 15 is 0 Å². The van der Waals surface area contributed by atoms with Gasteiger partial charge in [0.25, 0.3) is 5.91 Å². The fourth-order valence-corrected chi connectivity index (χ4v) is 2.13. The molecule has 2 aromatic carbocycles. The lowest BCUT2D eigenvalue weighted by molar-refractivity contribution is -0.150. The Kier molecular flexibility index (Phi) is 6.46. The summed E-state index contributed by atoms with van der Waals surface area (Å²) in [7, 11) is 0. The van der Waals surface area contributed by atoms with Crippen molar-refractivity contribution in [3.05, 3.63) is 77.1 Å². The van der Waals surface area contributed by atoms with Crippen LogP contribution < -0.4 is 5.32 Å². The lowest BCUT2D eigenvalue weighted by atomic mass is 10.1. The number of ether oxygens (including phenoxy) is 1. The summed E-state index contributed by atoms with van der Waals surface area (Å²) in [6.07, 6.45) is 2.03. The van der Waals surface area contributed by atoms with Gasteiger partial charge in [-0.1, -0.05) is 36.4 Å². The third kappa shape index (κ3) is 5.88. The van der Waals surface area contributed by atoms with Gasteiger partial charge in [0, 0.05) is 12.6 Å². The van der Waals surface area contributed by atoms with Crippen LogP contribution in [0.5, 0.6) is 0 Å². The Hall–Kier alpha value is -2.95. The summed E-state index contributed by atoms with van der Waals surface area (Å²) in [4.78, 5) is 23.8. The molecule has 2 aromatic rings. The highest BCUT2D eigenvalue weighted by molar-refractivity contribution is 5.90. The second-order valence-corrected chi connectivity index (χ2v) is 5.61. The minimum atomic E-state index is -0.922. The summed E-state index contributed by atoms with van der Waals surface area (Å²) >= 11 is 0. The first-order valence-corrected chi connectivity index (χ1v) is 7.92. The predicted octanol–water partition coefficient (Wildman–Crippen LogP) is 3.40. The molecule has 0 spiro atoms. The van der Waals surface area contributed by atoms with E-state index in [1.807, 2.05) is 31.2 Å². The zero-order valence-electron chi connectivity index (χ0n) is 14.2. The molecule has 0 bridgehead atoms. The molecule has 2 rings (SSSR count). The fraction of sp³-hybridized carbons (Fsp3) is 0.200. The van der Waals surface area contributed by atoms with Crippen LogP contribution in [0, 0.1) is 12.7 Å². The van der Waals surface area contributed by atoms with E-state index < -0.39 is 18.0 Å². The van der Waals surface area contributed by atoms with Crippen LogP contribution in [0.25, 0.3) is 6.08 Å². The Morgan fingerprint density at radius 1 is 1.16 bits per heavy atom. The molecule has 0 aliphatic heterocycles. The van der Waals surface area contributed by atoms with E-state index in [9.17, 15) is 14.0 Å². The number of benzene rings is 2. The van der Waals surface area contributed by atoms with Gasteiger partial charge in [-0.15, -0.1) is 0 Å². The molecule has 0 radical (unpaired) electrons. The third-order valence-electron chi connectivity index (χ3n) is 3.63. The molecule has 130 valence electrons. The van der Waals surface area contributed by atoms with E-state index in [1.165, 1.54) is 25.1 Å². The number of carbonyl (C=O) groups excluding carboxylic acids is 2. The van der Waals surface area contributed by atoms with Crippen molar-refractivity contribution in [2.45, 2.75) is 26.5 Å². The number of amides is 1. The van der Waals surface area contributed by atoms with Crippen molar-refractivity contribution < 1.29 is 18.7 Å². The number of nitrogens with one attached hydrogen (secondary N) is 1. The Bertz CT molecular complexity index is 769. The highest BCUT2D eigenvalue weighted by Crippen LogP contribution is 2.09. The highest BCUT2D eigenvalue weighted by Gasteiger charge is 2.16. The first-order chi connectivity index (χ1) is 12.0. The van der Waals surface area contributed by atoms with Gasteiger partial charge in [0.2, 0.25) is 0 Å². The van der Waals surface area contributed by atoms with E-state index in [-0.39, 0.29) is 12.4 Å². The van der Waals surface area contributed by atoms with Crippen LogP contribution in [0.15, 0.2) is 54.6 Å². The number of hydrogen-bond acceptors (Lipinski definition) is 3. The van der Waals surface area contributed by atoms with Gasteiger partial charge >= 0.3 is 5.97 Å². The lowest BCUT2D eigenvalue weighted by Crippen LogP contribution is -2.35. The van der Waals surface area contributed by atoms with Crippen molar-refractivity contribution in [3.63, 3.8) is 0 Å². The van der Waals surface area contributed by atoms with Gasteiger partial charge in [0.15, 0.2) is 6.10 Å². The molecule has 5 heteroatoms. The van der Waals surface area contributed by atoms with Crippen LogP contribution in [-0.2, 0) is 20.9 Å². The third-order valence-corrected chi connectivity index (χ3v) is 3.63. The van der Waals surface area contributed by atoms with Crippen molar-refractivity contribution in [1.29, 1.82) is 0 Å². The van der Waals surface area contributed by atoms with E-state index in [0.717, 1.165) is 16.7 Å². The maximum absolute atomic E-state index is 12.8. The summed E-state index contributed by atoms with van der Waals surface area (Å²) in [6.45, 7) is 3.68. The van der Waals surface area contributed by atoms with Gasteiger partial charge in [0.05, 0.1) is 0 Å². The standard InChI is InChI=1S/C20H20FNO3/c1-14-5-3-4-6-17(14)9-12-19(23)25-15(2)20(24)22-13-16-7-10-18(21)11-8-16/h3-12,15H,13H2,1-2H3,(H,22,24)/b12-9+/t15-/m1/s1. The quantitative estimate of drug-likeness (QED) is 0.647. The minimum Gasteiger partial charge on any atom is -0.449 e. The molecule has 0 aromatic heterocycles. The molecule has 1 N–H and O–H groups in total. The van der Waals surface area contributed by atoms with E-state index in [2.05, 4.69) is 5.32 Å². The Morgan fingerprint density at radius 2 is 1.84 bits per heavy atom. The van der Waals surface area contributed by atoms with Crippen molar-refractivity contribution >= 4 is 18.0 Å². The largest absolute Gasteiger partial charge is 0.449 e. The number of esters is 1. The minimum absolute atomic E-state index is 0.236. The summed E-state index contributed by atoms with van der Waals surface area (Å²) < 4.78 is 17.9. The molecule has 1 amide bonds. The molecular weight excluding hydrogens is 321 g/mol. The van der Waals surface area contributed by atoms with Gasteiger partial charge in [0.1, 0.15) is 5.82 Å². The SMILES string of the molecule is Cc1ccccc1/C=C/C(=O)O[C@H](C)C(=O)NCc1ccc(F)cc1. The van der Waals surface area contributed by atoms with Crippen LogP contribution in [0.3, 0.4) is 0 Å². The van der Waals surface area contributed by atoms with Gasteiger partial charge < -0.3 is 10.1 Å². The number of aryl methyl sites for hydroxylation is 1. The van der Waals surface area contributed by atoms with Gasteiger partial charge in [-0.2, -0.15) is 0 Å². The monoisotopic (exact) mass is 341 g/mol. The highest BCUT2D eigenvalue weighted by atomic mass is 19.1. The van der Waals surface area contributed by atoms with E-state index in [4.69, 9.17) is 4.74 Å². The van der Waals surface area contributed by atoms with Gasteiger partial charge in [-0.3, -0.25) is 4.79 Å². The topological polar surface area (TPSA) is 55.4 Å². The number of carbonyl (C=O) groups is 2. The van der Waals surface area contributed by atoms with Crippen molar-refractivity contribution in [2.75, 3.05) is 0 Å². The molecule has 4 nitrogen and oxygen atoms in total.